The Balaban J connectivity index is 1.85. The molecule has 1 aromatic rings. The van der Waals surface area contributed by atoms with Gasteiger partial charge in [-0.15, -0.1) is 0 Å². The third-order valence-corrected chi connectivity index (χ3v) is 4.61. The van der Waals surface area contributed by atoms with Gasteiger partial charge >= 0.3 is 0 Å². The Hall–Kier alpha value is -1.49. The molecule has 1 atom stereocenters. The Morgan fingerprint density at radius 1 is 1.13 bits per heavy atom. The molecule has 5 heteroatoms. The number of hydrogen-bond acceptors (Lipinski definition) is 4. The van der Waals surface area contributed by atoms with E-state index in [1.54, 1.807) is 0 Å². The summed E-state index contributed by atoms with van der Waals surface area (Å²) >= 11 is 3.49. The lowest BCUT2D eigenvalue weighted by molar-refractivity contribution is 0.241. The van der Waals surface area contributed by atoms with Crippen LogP contribution in [0, 0.1) is 0 Å². The minimum atomic E-state index is 0.206. The van der Waals surface area contributed by atoms with E-state index < -0.39 is 0 Å². The first-order valence-electron chi connectivity index (χ1n) is 8.27. The fourth-order valence-electron chi connectivity index (χ4n) is 2.61. The van der Waals surface area contributed by atoms with Crippen LogP contribution in [0.2, 0.25) is 0 Å². The van der Waals surface area contributed by atoms with Crippen molar-refractivity contribution in [3.8, 4) is 0 Å². The zero-order chi connectivity index (χ0) is 16.5. The summed E-state index contributed by atoms with van der Waals surface area (Å²) in [6.07, 6.45) is 11.6. The van der Waals surface area contributed by atoms with Crippen molar-refractivity contribution < 1.29 is 0 Å². The predicted molar refractivity (Wildman–Crippen MR) is 103 cm³/mol. The van der Waals surface area contributed by atoms with Gasteiger partial charge in [0, 0.05) is 38.4 Å². The van der Waals surface area contributed by atoms with E-state index in [0.29, 0.717) is 0 Å². The topological polar surface area (TPSA) is 22.1 Å². The summed E-state index contributed by atoms with van der Waals surface area (Å²) in [5.41, 5.74) is 1.10. The van der Waals surface area contributed by atoms with Gasteiger partial charge in [0.15, 0.2) is 0 Å². The molecule has 0 bridgehead atoms. The summed E-state index contributed by atoms with van der Waals surface area (Å²) in [6, 6.07) is 10.2. The van der Waals surface area contributed by atoms with Gasteiger partial charge in [0.05, 0.1) is 11.9 Å². The lowest BCUT2D eigenvalue weighted by Gasteiger charge is -2.27. The Morgan fingerprint density at radius 3 is 2.61 bits per heavy atom. The third-order valence-electron chi connectivity index (χ3n) is 4.05. The number of nitrogens with zero attached hydrogens (tertiary/aromatic N) is 4. The van der Waals surface area contributed by atoms with Gasteiger partial charge in [-0.1, -0.05) is 47.0 Å². The van der Waals surface area contributed by atoms with Crippen molar-refractivity contribution in [1.82, 2.24) is 9.80 Å². The molecule has 0 radical (unpaired) electrons. The first-order chi connectivity index (χ1) is 11.2. The Labute approximate surface area is 148 Å². The molecule has 0 fully saturated rings. The lowest BCUT2D eigenvalue weighted by atomic mass is 10.2. The van der Waals surface area contributed by atoms with E-state index in [0.717, 1.165) is 17.6 Å². The second kappa shape index (κ2) is 9.60. The maximum atomic E-state index is 4.61. The molecule has 1 aromatic carbocycles. The highest BCUT2D eigenvalue weighted by Gasteiger charge is 2.21. The van der Waals surface area contributed by atoms with E-state index in [2.05, 4.69) is 62.4 Å². The largest absolute Gasteiger partial charge is 0.355 e. The molecule has 0 saturated heterocycles. The van der Waals surface area contributed by atoms with E-state index in [9.17, 15) is 0 Å². The van der Waals surface area contributed by atoms with Gasteiger partial charge in [0.25, 0.3) is 0 Å². The molecule has 0 aromatic heterocycles. The van der Waals surface area contributed by atoms with E-state index in [1.165, 1.54) is 25.7 Å². The SMILES string of the molecule is CN(/N=C/C1N(C)C=CN1CCCCCCBr)c1ccccc1. The van der Waals surface area contributed by atoms with Crippen molar-refractivity contribution >= 4 is 27.8 Å². The van der Waals surface area contributed by atoms with Crippen LogP contribution >= 0.6 is 15.9 Å². The van der Waals surface area contributed by atoms with Gasteiger partial charge in [0.1, 0.15) is 6.17 Å². The minimum absolute atomic E-state index is 0.206. The summed E-state index contributed by atoms with van der Waals surface area (Å²) in [6.45, 7) is 1.08. The zero-order valence-corrected chi connectivity index (χ0v) is 15.7. The van der Waals surface area contributed by atoms with E-state index in [-0.39, 0.29) is 6.17 Å². The molecule has 0 aliphatic carbocycles. The molecular formula is C18H27BrN4. The predicted octanol–water partition coefficient (Wildman–Crippen LogP) is 4.11. The number of anilines is 1. The van der Waals surface area contributed by atoms with Crippen molar-refractivity contribution in [3.05, 3.63) is 42.7 Å². The first-order valence-corrected chi connectivity index (χ1v) is 9.39. The second-order valence-corrected chi connectivity index (χ2v) is 6.63. The Bertz CT molecular complexity index is 503. The van der Waals surface area contributed by atoms with Gasteiger partial charge < -0.3 is 9.80 Å². The van der Waals surface area contributed by atoms with E-state index >= 15 is 0 Å². The number of hydrazone groups is 1. The van der Waals surface area contributed by atoms with Crippen molar-refractivity contribution in [1.29, 1.82) is 0 Å². The molecule has 4 nitrogen and oxygen atoms in total. The summed E-state index contributed by atoms with van der Waals surface area (Å²) in [5.74, 6) is 0. The molecule has 2 rings (SSSR count). The molecule has 23 heavy (non-hydrogen) atoms. The highest BCUT2D eigenvalue weighted by atomic mass is 79.9. The molecule has 0 amide bonds. The van der Waals surface area contributed by atoms with Gasteiger partial charge in [-0.05, 0) is 25.0 Å². The minimum Gasteiger partial charge on any atom is -0.355 e. The van der Waals surface area contributed by atoms with Crippen LogP contribution in [-0.4, -0.2) is 48.2 Å². The maximum Gasteiger partial charge on any atom is 0.139 e. The fourth-order valence-corrected chi connectivity index (χ4v) is 3.01. The van der Waals surface area contributed by atoms with E-state index in [1.807, 2.05) is 36.5 Å². The number of unbranched alkanes of at least 4 members (excludes halogenated alkanes) is 3. The van der Waals surface area contributed by atoms with Crippen molar-refractivity contribution in [3.63, 3.8) is 0 Å². The number of halogens is 1. The van der Waals surface area contributed by atoms with Crippen LogP contribution in [-0.2, 0) is 0 Å². The van der Waals surface area contributed by atoms with Crippen molar-refractivity contribution in [2.75, 3.05) is 31.0 Å². The van der Waals surface area contributed by atoms with Crippen LogP contribution in [0.3, 0.4) is 0 Å². The number of para-hydroxylation sites is 1. The quantitative estimate of drug-likeness (QED) is 0.279. The van der Waals surface area contributed by atoms with Crippen LogP contribution < -0.4 is 5.01 Å². The summed E-state index contributed by atoms with van der Waals surface area (Å²) < 4.78 is 0. The standard InChI is InChI=1S/C18H27BrN4/c1-21-14-15-23(13-9-4-3-8-12-19)18(21)16-20-22(2)17-10-6-5-7-11-17/h5-7,10-11,14-16,18H,3-4,8-9,12-13H2,1-2H3/b20-16+. The molecule has 0 N–H and O–H groups in total. The number of alkyl halides is 1. The van der Waals surface area contributed by atoms with Crippen LogP contribution in [0.5, 0.6) is 0 Å². The normalized spacial score (nSPS) is 17.4. The van der Waals surface area contributed by atoms with Gasteiger partial charge in [0.2, 0.25) is 0 Å². The van der Waals surface area contributed by atoms with Crippen LogP contribution in [0.1, 0.15) is 25.7 Å². The lowest BCUT2D eigenvalue weighted by Crippen LogP contribution is -2.39. The highest BCUT2D eigenvalue weighted by Crippen LogP contribution is 2.16. The number of benzene rings is 1. The zero-order valence-electron chi connectivity index (χ0n) is 14.1. The fraction of sp³-hybridized carbons (Fsp3) is 0.500. The molecule has 1 aliphatic rings. The molecule has 0 saturated carbocycles. The van der Waals surface area contributed by atoms with Gasteiger partial charge in [-0.3, -0.25) is 5.01 Å². The molecule has 0 spiro atoms. The van der Waals surface area contributed by atoms with E-state index in [4.69, 9.17) is 0 Å². The van der Waals surface area contributed by atoms with Crippen LogP contribution in [0.25, 0.3) is 0 Å². The first kappa shape index (κ1) is 17.9. The molecular weight excluding hydrogens is 352 g/mol. The average Bonchev–Trinajstić information content (AvgIpc) is 2.93. The number of rotatable bonds is 9. The van der Waals surface area contributed by atoms with Crippen molar-refractivity contribution in [2.24, 2.45) is 5.10 Å². The second-order valence-electron chi connectivity index (χ2n) is 5.84. The highest BCUT2D eigenvalue weighted by molar-refractivity contribution is 9.09. The third kappa shape index (κ3) is 5.57. The average molecular weight is 379 g/mol. The summed E-state index contributed by atoms with van der Waals surface area (Å²) in [5, 5.41) is 7.64. The maximum absolute atomic E-state index is 4.61. The van der Waals surface area contributed by atoms with Crippen molar-refractivity contribution in [2.45, 2.75) is 31.8 Å². The Morgan fingerprint density at radius 2 is 1.87 bits per heavy atom. The van der Waals surface area contributed by atoms with Gasteiger partial charge in [-0.25, -0.2) is 0 Å². The van der Waals surface area contributed by atoms with Crippen LogP contribution in [0.4, 0.5) is 5.69 Å². The van der Waals surface area contributed by atoms with Gasteiger partial charge in [-0.2, -0.15) is 5.10 Å². The monoisotopic (exact) mass is 378 g/mol. The molecule has 1 heterocycles. The smallest absolute Gasteiger partial charge is 0.139 e. The van der Waals surface area contributed by atoms with Crippen LogP contribution in [0.15, 0.2) is 47.8 Å². The molecule has 1 aliphatic heterocycles. The summed E-state index contributed by atoms with van der Waals surface area (Å²) in [7, 11) is 4.08. The summed E-state index contributed by atoms with van der Waals surface area (Å²) in [4.78, 5) is 4.55. The number of hydrogen-bond donors (Lipinski definition) is 0. The molecule has 1 unspecified atom stereocenters. The Kier molecular flexibility index (Phi) is 7.46. The molecule has 126 valence electrons.